The fraction of sp³-hybridized carbons (Fsp3) is 0.923. The Labute approximate surface area is 105 Å². The minimum absolute atomic E-state index is 0.00538. The number of rotatable bonds is 7. The molecule has 0 spiro atoms. The molecule has 0 bridgehead atoms. The predicted molar refractivity (Wildman–Crippen MR) is 71.2 cm³/mol. The third-order valence-corrected chi connectivity index (χ3v) is 3.20. The molecule has 1 aliphatic rings. The Hall–Kier alpha value is -0.770. The summed E-state index contributed by atoms with van der Waals surface area (Å²) >= 11 is 0. The lowest BCUT2D eigenvalue weighted by atomic mass is 10.1. The number of amides is 2. The lowest BCUT2D eigenvalue weighted by molar-refractivity contribution is 0.233. The molecule has 4 heteroatoms. The van der Waals surface area contributed by atoms with Crippen LogP contribution >= 0.6 is 0 Å². The second-order valence-electron chi connectivity index (χ2n) is 4.86. The molecule has 0 aromatic heterocycles. The van der Waals surface area contributed by atoms with Crippen LogP contribution in [0.3, 0.4) is 0 Å². The number of hydrogen-bond acceptors (Lipinski definition) is 2. The lowest BCUT2D eigenvalue weighted by Crippen LogP contribution is -2.49. The van der Waals surface area contributed by atoms with Gasteiger partial charge in [-0.15, -0.1) is 0 Å². The maximum atomic E-state index is 11.6. The van der Waals surface area contributed by atoms with Gasteiger partial charge in [0.05, 0.1) is 0 Å². The highest BCUT2D eigenvalue weighted by Crippen LogP contribution is 2.02. The monoisotopic (exact) mass is 241 g/mol. The molecule has 1 atom stereocenters. The molecule has 1 saturated heterocycles. The van der Waals surface area contributed by atoms with Gasteiger partial charge in [0.15, 0.2) is 0 Å². The van der Waals surface area contributed by atoms with E-state index in [1.165, 1.54) is 25.7 Å². The van der Waals surface area contributed by atoms with Gasteiger partial charge in [0, 0.05) is 19.1 Å². The maximum absolute atomic E-state index is 11.6. The summed E-state index contributed by atoms with van der Waals surface area (Å²) in [7, 11) is 0. The number of unbranched alkanes of at least 4 members (excludes halogenated alkanes) is 4. The normalized spacial score (nSPS) is 19.9. The Morgan fingerprint density at radius 1 is 1.29 bits per heavy atom. The number of carbonyl (C=O) groups excluding carboxylic acids is 1. The second-order valence-corrected chi connectivity index (χ2v) is 4.86. The summed E-state index contributed by atoms with van der Waals surface area (Å²) in [6, 6.07) is 0.304. The zero-order valence-corrected chi connectivity index (χ0v) is 11.1. The van der Waals surface area contributed by atoms with Gasteiger partial charge in [-0.25, -0.2) is 4.79 Å². The zero-order valence-electron chi connectivity index (χ0n) is 11.1. The molecule has 0 radical (unpaired) electrons. The Kier molecular flexibility index (Phi) is 7.80. The zero-order chi connectivity index (χ0) is 12.3. The molecule has 0 saturated carbocycles. The number of hydrogen-bond donors (Lipinski definition) is 3. The van der Waals surface area contributed by atoms with Crippen LogP contribution in [0.4, 0.5) is 4.79 Å². The smallest absolute Gasteiger partial charge is 0.315 e. The summed E-state index contributed by atoms with van der Waals surface area (Å²) in [6.07, 6.45) is 8.42. The van der Waals surface area contributed by atoms with Crippen molar-refractivity contribution in [1.29, 1.82) is 0 Å². The van der Waals surface area contributed by atoms with E-state index in [0.717, 1.165) is 38.9 Å². The van der Waals surface area contributed by atoms with Gasteiger partial charge >= 0.3 is 6.03 Å². The SMILES string of the molecule is CCCCCCCNC(=O)NC1CCCNC1. The predicted octanol–water partition coefficient (Wildman–Crippen LogP) is 2.01. The summed E-state index contributed by atoms with van der Waals surface area (Å²) < 4.78 is 0. The molecular formula is C13H27N3O. The highest BCUT2D eigenvalue weighted by Gasteiger charge is 2.14. The van der Waals surface area contributed by atoms with E-state index in [2.05, 4.69) is 22.9 Å². The van der Waals surface area contributed by atoms with E-state index in [4.69, 9.17) is 0 Å². The quantitative estimate of drug-likeness (QED) is 0.597. The van der Waals surface area contributed by atoms with Gasteiger partial charge in [0.1, 0.15) is 0 Å². The van der Waals surface area contributed by atoms with E-state index >= 15 is 0 Å². The molecule has 3 N–H and O–H groups in total. The van der Waals surface area contributed by atoms with E-state index in [0.29, 0.717) is 6.04 Å². The largest absolute Gasteiger partial charge is 0.338 e. The highest BCUT2D eigenvalue weighted by molar-refractivity contribution is 5.74. The minimum Gasteiger partial charge on any atom is -0.338 e. The van der Waals surface area contributed by atoms with Crippen molar-refractivity contribution in [2.24, 2.45) is 0 Å². The van der Waals surface area contributed by atoms with Crippen LogP contribution in [0.2, 0.25) is 0 Å². The maximum Gasteiger partial charge on any atom is 0.315 e. The molecular weight excluding hydrogens is 214 g/mol. The third kappa shape index (κ3) is 7.21. The minimum atomic E-state index is -0.00538. The summed E-state index contributed by atoms with van der Waals surface area (Å²) in [5.74, 6) is 0. The second kappa shape index (κ2) is 9.28. The van der Waals surface area contributed by atoms with Crippen molar-refractivity contribution in [3.63, 3.8) is 0 Å². The van der Waals surface area contributed by atoms with E-state index in [-0.39, 0.29) is 6.03 Å². The standard InChI is InChI=1S/C13H27N3O/c1-2-3-4-5-6-10-15-13(17)16-12-8-7-9-14-11-12/h12,14H,2-11H2,1H3,(H2,15,16,17). The van der Waals surface area contributed by atoms with Crippen LogP contribution in [0.5, 0.6) is 0 Å². The average Bonchev–Trinajstić information content (AvgIpc) is 2.35. The fourth-order valence-corrected chi connectivity index (χ4v) is 2.14. The first-order chi connectivity index (χ1) is 8.33. The van der Waals surface area contributed by atoms with E-state index in [9.17, 15) is 4.79 Å². The summed E-state index contributed by atoms with van der Waals surface area (Å²) in [5, 5.41) is 9.23. The molecule has 2 amide bonds. The molecule has 1 fully saturated rings. The molecule has 17 heavy (non-hydrogen) atoms. The van der Waals surface area contributed by atoms with Crippen LogP contribution in [0.15, 0.2) is 0 Å². The first-order valence-corrected chi connectivity index (χ1v) is 7.08. The van der Waals surface area contributed by atoms with Gasteiger partial charge in [-0.3, -0.25) is 0 Å². The van der Waals surface area contributed by atoms with Crippen molar-refractivity contribution in [1.82, 2.24) is 16.0 Å². The van der Waals surface area contributed by atoms with Crippen LogP contribution in [-0.4, -0.2) is 31.7 Å². The first-order valence-electron chi connectivity index (χ1n) is 7.08. The van der Waals surface area contributed by atoms with Crippen molar-refractivity contribution < 1.29 is 4.79 Å². The Morgan fingerprint density at radius 3 is 2.82 bits per heavy atom. The molecule has 1 unspecified atom stereocenters. The van der Waals surface area contributed by atoms with Crippen LogP contribution in [0.25, 0.3) is 0 Å². The van der Waals surface area contributed by atoms with Crippen LogP contribution < -0.4 is 16.0 Å². The Morgan fingerprint density at radius 2 is 2.12 bits per heavy atom. The first kappa shape index (κ1) is 14.3. The Balaban J connectivity index is 1.93. The van der Waals surface area contributed by atoms with Crippen LogP contribution in [0.1, 0.15) is 51.9 Å². The van der Waals surface area contributed by atoms with Gasteiger partial charge in [-0.2, -0.15) is 0 Å². The molecule has 0 aromatic carbocycles. The Bertz CT molecular complexity index is 203. The third-order valence-electron chi connectivity index (χ3n) is 3.20. The van der Waals surface area contributed by atoms with Crippen molar-refractivity contribution in [3.8, 4) is 0 Å². The van der Waals surface area contributed by atoms with Crippen LogP contribution in [0, 0.1) is 0 Å². The van der Waals surface area contributed by atoms with Crippen molar-refractivity contribution in [3.05, 3.63) is 0 Å². The van der Waals surface area contributed by atoms with Gasteiger partial charge in [0.25, 0.3) is 0 Å². The molecule has 1 heterocycles. The summed E-state index contributed by atoms with van der Waals surface area (Å²) in [6.45, 7) is 5.00. The number of carbonyl (C=O) groups is 1. The highest BCUT2D eigenvalue weighted by atomic mass is 16.2. The van der Waals surface area contributed by atoms with Gasteiger partial charge in [-0.05, 0) is 25.8 Å². The van der Waals surface area contributed by atoms with Crippen molar-refractivity contribution >= 4 is 6.03 Å². The molecule has 0 aliphatic carbocycles. The average molecular weight is 241 g/mol. The van der Waals surface area contributed by atoms with Crippen LogP contribution in [-0.2, 0) is 0 Å². The van der Waals surface area contributed by atoms with Gasteiger partial charge < -0.3 is 16.0 Å². The molecule has 0 aromatic rings. The van der Waals surface area contributed by atoms with E-state index in [1.807, 2.05) is 0 Å². The fourth-order valence-electron chi connectivity index (χ4n) is 2.14. The number of nitrogens with one attached hydrogen (secondary N) is 3. The van der Waals surface area contributed by atoms with Crippen molar-refractivity contribution in [2.45, 2.75) is 57.9 Å². The molecule has 1 rings (SSSR count). The number of urea groups is 1. The summed E-state index contributed by atoms with van der Waals surface area (Å²) in [4.78, 5) is 11.6. The van der Waals surface area contributed by atoms with Gasteiger partial charge in [-0.1, -0.05) is 32.6 Å². The van der Waals surface area contributed by atoms with E-state index in [1.54, 1.807) is 0 Å². The van der Waals surface area contributed by atoms with E-state index < -0.39 is 0 Å². The number of piperidine rings is 1. The molecule has 1 aliphatic heterocycles. The molecule has 100 valence electrons. The summed E-state index contributed by atoms with van der Waals surface area (Å²) in [5.41, 5.74) is 0. The lowest BCUT2D eigenvalue weighted by Gasteiger charge is -2.23. The van der Waals surface area contributed by atoms with Gasteiger partial charge in [0.2, 0.25) is 0 Å². The molecule has 4 nitrogen and oxygen atoms in total. The topological polar surface area (TPSA) is 53.2 Å². The van der Waals surface area contributed by atoms with Crippen molar-refractivity contribution in [2.75, 3.05) is 19.6 Å².